The van der Waals surface area contributed by atoms with E-state index in [4.69, 9.17) is 11.6 Å². The van der Waals surface area contributed by atoms with E-state index >= 15 is 0 Å². The first kappa shape index (κ1) is 13.3. The number of benzene rings is 1. The molecule has 0 fully saturated rings. The molecular weight excluding hydrogens is 294 g/mol. The highest BCUT2D eigenvalue weighted by Crippen LogP contribution is 2.22. The average molecular weight is 308 g/mol. The highest BCUT2D eigenvalue weighted by molar-refractivity contribution is 6.31. The van der Waals surface area contributed by atoms with Gasteiger partial charge in [-0.2, -0.15) is 0 Å². The third-order valence-electron chi connectivity index (χ3n) is 3.88. The van der Waals surface area contributed by atoms with E-state index in [0.29, 0.717) is 5.02 Å². The van der Waals surface area contributed by atoms with Crippen molar-refractivity contribution in [1.82, 2.24) is 14.5 Å². The fourth-order valence-electron chi connectivity index (χ4n) is 2.88. The van der Waals surface area contributed by atoms with Crippen molar-refractivity contribution in [3.05, 3.63) is 71.1 Å². The molecule has 0 spiro atoms. The van der Waals surface area contributed by atoms with Crippen LogP contribution in [0.3, 0.4) is 0 Å². The summed E-state index contributed by atoms with van der Waals surface area (Å²) in [6, 6.07) is 12.3. The van der Waals surface area contributed by atoms with E-state index in [1.807, 2.05) is 24.4 Å². The lowest BCUT2D eigenvalue weighted by molar-refractivity contribution is 0.835. The molecule has 22 heavy (non-hydrogen) atoms. The molecule has 0 N–H and O–H groups in total. The Bertz CT molecular complexity index is 988. The van der Waals surface area contributed by atoms with Crippen LogP contribution in [-0.4, -0.2) is 14.5 Å². The lowest BCUT2D eigenvalue weighted by atomic mass is 10.1. The van der Waals surface area contributed by atoms with Gasteiger partial charge in [0, 0.05) is 30.5 Å². The molecule has 0 aliphatic rings. The van der Waals surface area contributed by atoms with Crippen molar-refractivity contribution in [1.29, 1.82) is 0 Å². The zero-order chi connectivity index (χ0) is 15.1. The molecule has 0 amide bonds. The Kier molecular flexibility index (Phi) is 3.09. The second kappa shape index (κ2) is 5.11. The summed E-state index contributed by atoms with van der Waals surface area (Å²) in [4.78, 5) is 8.79. The fourth-order valence-corrected chi connectivity index (χ4v) is 3.04. The van der Waals surface area contributed by atoms with Crippen molar-refractivity contribution < 1.29 is 0 Å². The minimum atomic E-state index is 0.663. The Morgan fingerprint density at radius 1 is 1.14 bits per heavy atom. The molecule has 0 aliphatic carbocycles. The van der Waals surface area contributed by atoms with Gasteiger partial charge >= 0.3 is 0 Å². The topological polar surface area (TPSA) is 30.7 Å². The molecule has 0 aliphatic heterocycles. The van der Waals surface area contributed by atoms with Crippen LogP contribution in [0, 0.1) is 6.92 Å². The molecule has 1 aromatic carbocycles. The lowest BCUT2D eigenvalue weighted by Gasteiger charge is -2.07. The van der Waals surface area contributed by atoms with Crippen molar-refractivity contribution in [3.8, 4) is 0 Å². The predicted molar refractivity (Wildman–Crippen MR) is 90.3 cm³/mol. The third-order valence-corrected chi connectivity index (χ3v) is 4.09. The Hall–Kier alpha value is -2.39. The van der Waals surface area contributed by atoms with Gasteiger partial charge in [0.05, 0.1) is 21.6 Å². The van der Waals surface area contributed by atoms with Gasteiger partial charge in [-0.3, -0.25) is 9.97 Å². The summed E-state index contributed by atoms with van der Waals surface area (Å²) in [5.41, 5.74) is 5.60. The number of rotatable bonds is 2. The van der Waals surface area contributed by atoms with Crippen molar-refractivity contribution in [2.24, 2.45) is 0 Å². The first-order valence-electron chi connectivity index (χ1n) is 7.15. The Morgan fingerprint density at radius 2 is 2.05 bits per heavy atom. The number of hydrogen-bond donors (Lipinski definition) is 0. The van der Waals surface area contributed by atoms with Gasteiger partial charge in [0.25, 0.3) is 0 Å². The van der Waals surface area contributed by atoms with Crippen molar-refractivity contribution in [3.63, 3.8) is 0 Å². The van der Waals surface area contributed by atoms with Gasteiger partial charge in [-0.1, -0.05) is 17.7 Å². The van der Waals surface area contributed by atoms with Crippen LogP contribution < -0.4 is 0 Å². The first-order chi connectivity index (χ1) is 10.7. The summed E-state index contributed by atoms with van der Waals surface area (Å²) >= 11 is 6.04. The lowest BCUT2D eigenvalue weighted by Crippen LogP contribution is -1.98. The van der Waals surface area contributed by atoms with Gasteiger partial charge < -0.3 is 4.57 Å². The summed E-state index contributed by atoms with van der Waals surface area (Å²) in [5.74, 6) is 0. The second-order valence-electron chi connectivity index (χ2n) is 5.49. The first-order valence-corrected chi connectivity index (χ1v) is 7.53. The van der Waals surface area contributed by atoms with E-state index in [1.165, 1.54) is 11.1 Å². The molecule has 3 nitrogen and oxygen atoms in total. The summed E-state index contributed by atoms with van der Waals surface area (Å²) < 4.78 is 2.23. The predicted octanol–water partition coefficient (Wildman–Crippen LogP) is 4.59. The normalized spacial score (nSPS) is 11.4. The molecule has 0 bridgehead atoms. The van der Waals surface area contributed by atoms with Gasteiger partial charge in [-0.05, 0) is 48.4 Å². The molecular formula is C18H14ClN3. The molecule has 3 aromatic heterocycles. The van der Waals surface area contributed by atoms with E-state index in [1.54, 1.807) is 6.20 Å². The van der Waals surface area contributed by atoms with Crippen LogP contribution in [0.4, 0.5) is 0 Å². The number of halogens is 1. The standard InChI is InChI=1S/C18H14ClN3/c1-12-10-22(17-3-2-6-20-18(12)17)11-13-4-5-16-14(7-13)8-15(19)9-21-16/h2-10H,11H2,1H3. The van der Waals surface area contributed by atoms with E-state index in [0.717, 1.165) is 28.5 Å². The highest BCUT2D eigenvalue weighted by Gasteiger charge is 2.07. The van der Waals surface area contributed by atoms with Crippen molar-refractivity contribution in [2.75, 3.05) is 0 Å². The van der Waals surface area contributed by atoms with E-state index in [9.17, 15) is 0 Å². The SMILES string of the molecule is Cc1cn(Cc2ccc3ncc(Cl)cc3c2)c2cccnc12. The molecule has 4 rings (SSSR count). The Labute approximate surface area is 133 Å². The summed E-state index contributed by atoms with van der Waals surface area (Å²) in [6.45, 7) is 2.90. The Balaban J connectivity index is 1.79. The van der Waals surface area contributed by atoms with Crippen molar-refractivity contribution in [2.45, 2.75) is 13.5 Å². The quantitative estimate of drug-likeness (QED) is 0.542. The molecule has 4 heteroatoms. The smallest absolute Gasteiger partial charge is 0.0910 e. The molecule has 0 saturated heterocycles. The van der Waals surface area contributed by atoms with Crippen LogP contribution in [0.15, 0.2) is 55.0 Å². The minimum absolute atomic E-state index is 0.663. The fraction of sp³-hybridized carbons (Fsp3) is 0.111. The van der Waals surface area contributed by atoms with Gasteiger partial charge in [-0.15, -0.1) is 0 Å². The number of nitrogens with zero attached hydrogens (tertiary/aromatic N) is 3. The number of aromatic nitrogens is 3. The Morgan fingerprint density at radius 3 is 2.95 bits per heavy atom. The van der Waals surface area contributed by atoms with Crippen LogP contribution in [0.25, 0.3) is 21.9 Å². The maximum absolute atomic E-state index is 6.04. The third kappa shape index (κ3) is 2.24. The molecule has 3 heterocycles. The molecule has 0 unspecified atom stereocenters. The highest BCUT2D eigenvalue weighted by atomic mass is 35.5. The van der Waals surface area contributed by atoms with E-state index in [-0.39, 0.29) is 0 Å². The minimum Gasteiger partial charge on any atom is -0.341 e. The van der Waals surface area contributed by atoms with Gasteiger partial charge in [-0.25, -0.2) is 0 Å². The van der Waals surface area contributed by atoms with Crippen LogP contribution >= 0.6 is 11.6 Å². The monoisotopic (exact) mass is 307 g/mol. The van der Waals surface area contributed by atoms with Crippen LogP contribution in [0.5, 0.6) is 0 Å². The maximum atomic E-state index is 6.04. The van der Waals surface area contributed by atoms with Crippen LogP contribution in [0.1, 0.15) is 11.1 Å². The second-order valence-corrected chi connectivity index (χ2v) is 5.93. The molecule has 108 valence electrons. The summed E-state index contributed by atoms with van der Waals surface area (Å²) in [7, 11) is 0. The van der Waals surface area contributed by atoms with Gasteiger partial charge in [0.15, 0.2) is 0 Å². The summed E-state index contributed by atoms with van der Waals surface area (Å²) in [6.07, 6.45) is 5.67. The number of fused-ring (bicyclic) bond motifs is 2. The van der Waals surface area contributed by atoms with Gasteiger partial charge in [0.1, 0.15) is 0 Å². The number of hydrogen-bond acceptors (Lipinski definition) is 2. The van der Waals surface area contributed by atoms with E-state index in [2.05, 4.69) is 45.9 Å². The summed E-state index contributed by atoms with van der Waals surface area (Å²) in [5, 5.41) is 1.73. The molecule has 0 radical (unpaired) electrons. The van der Waals surface area contributed by atoms with Crippen LogP contribution in [0.2, 0.25) is 5.02 Å². The zero-order valence-corrected chi connectivity index (χ0v) is 12.9. The molecule has 0 saturated carbocycles. The van der Waals surface area contributed by atoms with Gasteiger partial charge in [0.2, 0.25) is 0 Å². The zero-order valence-electron chi connectivity index (χ0n) is 12.1. The average Bonchev–Trinajstić information content (AvgIpc) is 2.84. The van der Waals surface area contributed by atoms with Crippen LogP contribution in [-0.2, 0) is 6.54 Å². The number of aryl methyl sites for hydroxylation is 1. The van der Waals surface area contributed by atoms with Crippen molar-refractivity contribution >= 4 is 33.5 Å². The molecule has 0 atom stereocenters. The maximum Gasteiger partial charge on any atom is 0.0910 e. The largest absolute Gasteiger partial charge is 0.341 e. The molecule has 4 aromatic rings. The van der Waals surface area contributed by atoms with E-state index < -0.39 is 0 Å². The number of pyridine rings is 2.